The summed E-state index contributed by atoms with van der Waals surface area (Å²) in [6.07, 6.45) is 3.29. The van der Waals surface area contributed by atoms with Crippen molar-refractivity contribution in [2.75, 3.05) is 26.3 Å². The fraction of sp³-hybridized carbons (Fsp3) is 0.625. The molecular weight excluding hydrogens is 335 g/mol. The lowest BCUT2D eigenvalue weighted by molar-refractivity contribution is 0.0240. The number of nitrogens with one attached hydrogen (secondary N) is 2. The SMILES string of the molecule is O=S(=O)(NCC1CCCN1)c1ccc(OC2CCOCC2)c(F)c1. The molecule has 0 bridgehead atoms. The summed E-state index contributed by atoms with van der Waals surface area (Å²) in [6.45, 7) is 2.40. The molecule has 1 atom stereocenters. The van der Waals surface area contributed by atoms with Crippen LogP contribution in [0.5, 0.6) is 5.75 Å². The van der Waals surface area contributed by atoms with E-state index in [4.69, 9.17) is 9.47 Å². The average molecular weight is 358 g/mol. The number of halogens is 1. The minimum Gasteiger partial charge on any atom is -0.487 e. The van der Waals surface area contributed by atoms with Crippen molar-refractivity contribution in [2.24, 2.45) is 0 Å². The lowest BCUT2D eigenvalue weighted by atomic mass is 10.1. The Morgan fingerprint density at radius 3 is 2.75 bits per heavy atom. The first-order valence-electron chi connectivity index (χ1n) is 8.31. The van der Waals surface area contributed by atoms with Gasteiger partial charge in [0.15, 0.2) is 11.6 Å². The molecule has 1 unspecified atom stereocenters. The number of hydrogen-bond acceptors (Lipinski definition) is 5. The highest BCUT2D eigenvalue weighted by molar-refractivity contribution is 7.89. The Morgan fingerprint density at radius 2 is 2.08 bits per heavy atom. The standard InChI is InChI=1S/C16H23FN2O4S/c17-15-10-14(24(20,21)19-11-12-2-1-7-18-12)3-4-16(15)23-13-5-8-22-9-6-13/h3-4,10,12-13,18-19H,1-2,5-9,11H2. The van der Waals surface area contributed by atoms with Gasteiger partial charge >= 0.3 is 0 Å². The minimum absolute atomic E-state index is 0.0818. The molecule has 3 rings (SSSR count). The maximum atomic E-state index is 14.2. The van der Waals surface area contributed by atoms with Gasteiger partial charge in [-0.15, -0.1) is 0 Å². The molecule has 134 valence electrons. The molecule has 1 aromatic carbocycles. The largest absolute Gasteiger partial charge is 0.487 e. The highest BCUT2D eigenvalue weighted by atomic mass is 32.2. The molecule has 1 aromatic rings. The molecule has 0 spiro atoms. The van der Waals surface area contributed by atoms with Crippen molar-refractivity contribution in [1.82, 2.24) is 10.0 Å². The zero-order valence-corrected chi connectivity index (χ0v) is 14.3. The van der Waals surface area contributed by atoms with Crippen molar-refractivity contribution in [2.45, 2.75) is 42.7 Å². The second-order valence-corrected chi connectivity index (χ2v) is 7.93. The van der Waals surface area contributed by atoms with E-state index in [0.29, 0.717) is 32.6 Å². The summed E-state index contributed by atoms with van der Waals surface area (Å²) in [5.74, 6) is -0.582. The number of sulfonamides is 1. The second kappa shape index (κ2) is 7.77. The van der Waals surface area contributed by atoms with Gasteiger partial charge in [0, 0.05) is 25.4 Å². The lowest BCUT2D eigenvalue weighted by Crippen LogP contribution is -2.37. The fourth-order valence-corrected chi connectivity index (χ4v) is 4.04. The minimum atomic E-state index is -3.73. The van der Waals surface area contributed by atoms with Crippen molar-refractivity contribution >= 4 is 10.0 Å². The summed E-state index contributed by atoms with van der Waals surface area (Å²) in [4.78, 5) is -0.0858. The molecule has 8 heteroatoms. The molecule has 0 saturated carbocycles. The molecule has 2 aliphatic rings. The van der Waals surface area contributed by atoms with Gasteiger partial charge in [0.25, 0.3) is 0 Å². The van der Waals surface area contributed by atoms with Gasteiger partial charge in [-0.05, 0) is 37.6 Å². The van der Waals surface area contributed by atoms with Crippen LogP contribution in [0.25, 0.3) is 0 Å². The van der Waals surface area contributed by atoms with Crippen LogP contribution in [-0.4, -0.2) is 46.9 Å². The van der Waals surface area contributed by atoms with Crippen molar-refractivity contribution < 1.29 is 22.3 Å². The highest BCUT2D eigenvalue weighted by Crippen LogP contribution is 2.24. The van der Waals surface area contributed by atoms with Gasteiger partial charge < -0.3 is 14.8 Å². The third kappa shape index (κ3) is 4.44. The van der Waals surface area contributed by atoms with Gasteiger partial charge in [-0.1, -0.05) is 0 Å². The van der Waals surface area contributed by atoms with Crippen LogP contribution in [0, 0.1) is 5.82 Å². The Labute approximate surface area is 141 Å². The van der Waals surface area contributed by atoms with Crippen molar-refractivity contribution in [3.05, 3.63) is 24.0 Å². The van der Waals surface area contributed by atoms with Crippen molar-refractivity contribution in [3.8, 4) is 5.75 Å². The average Bonchev–Trinajstić information content (AvgIpc) is 3.09. The van der Waals surface area contributed by atoms with Crippen LogP contribution in [0.3, 0.4) is 0 Å². The maximum absolute atomic E-state index is 14.2. The van der Waals surface area contributed by atoms with Crippen LogP contribution in [0.1, 0.15) is 25.7 Å². The zero-order valence-electron chi connectivity index (χ0n) is 13.5. The predicted molar refractivity (Wildman–Crippen MR) is 87.1 cm³/mol. The number of ether oxygens (including phenoxy) is 2. The zero-order chi connectivity index (χ0) is 17.0. The number of benzene rings is 1. The molecule has 2 fully saturated rings. The Bertz CT molecular complexity index is 656. The van der Waals surface area contributed by atoms with Crippen LogP contribution in [-0.2, 0) is 14.8 Å². The first-order chi connectivity index (χ1) is 11.5. The van der Waals surface area contributed by atoms with Gasteiger partial charge in [0.05, 0.1) is 18.1 Å². The van der Waals surface area contributed by atoms with Crippen molar-refractivity contribution in [1.29, 1.82) is 0 Å². The Hall–Kier alpha value is -1.22. The molecule has 24 heavy (non-hydrogen) atoms. The van der Waals surface area contributed by atoms with E-state index in [2.05, 4.69) is 10.0 Å². The van der Waals surface area contributed by atoms with Crippen LogP contribution >= 0.6 is 0 Å². The van der Waals surface area contributed by atoms with E-state index in [0.717, 1.165) is 25.5 Å². The summed E-state index contributed by atoms with van der Waals surface area (Å²) in [6, 6.07) is 3.91. The molecule has 2 heterocycles. The smallest absolute Gasteiger partial charge is 0.240 e. The number of hydrogen-bond donors (Lipinski definition) is 2. The first-order valence-corrected chi connectivity index (χ1v) is 9.80. The van der Waals surface area contributed by atoms with Crippen LogP contribution in [0.2, 0.25) is 0 Å². The van der Waals surface area contributed by atoms with Crippen molar-refractivity contribution in [3.63, 3.8) is 0 Å². The molecule has 2 aliphatic heterocycles. The Kier molecular flexibility index (Phi) is 5.70. The summed E-state index contributed by atoms with van der Waals surface area (Å²) >= 11 is 0. The van der Waals surface area contributed by atoms with Gasteiger partial charge in [0.2, 0.25) is 10.0 Å². The third-order valence-electron chi connectivity index (χ3n) is 4.36. The molecule has 2 N–H and O–H groups in total. The Balaban J connectivity index is 1.63. The van der Waals surface area contributed by atoms with Gasteiger partial charge in [-0.25, -0.2) is 17.5 Å². The Morgan fingerprint density at radius 1 is 1.29 bits per heavy atom. The second-order valence-electron chi connectivity index (χ2n) is 6.17. The molecule has 6 nitrogen and oxygen atoms in total. The summed E-state index contributed by atoms with van der Waals surface area (Å²) in [5, 5.41) is 3.22. The van der Waals surface area contributed by atoms with E-state index in [1.165, 1.54) is 12.1 Å². The van der Waals surface area contributed by atoms with E-state index in [9.17, 15) is 12.8 Å². The highest BCUT2D eigenvalue weighted by Gasteiger charge is 2.22. The summed E-state index contributed by atoms with van der Waals surface area (Å²) in [5.41, 5.74) is 0. The van der Waals surface area contributed by atoms with Gasteiger partial charge in [0.1, 0.15) is 6.10 Å². The summed E-state index contributed by atoms with van der Waals surface area (Å²) < 4.78 is 52.2. The summed E-state index contributed by atoms with van der Waals surface area (Å²) in [7, 11) is -3.73. The first kappa shape index (κ1) is 17.6. The molecule has 0 aliphatic carbocycles. The normalized spacial score (nSPS) is 22.6. The predicted octanol–water partition coefficient (Wildman–Crippen LogP) is 1.41. The molecule has 0 radical (unpaired) electrons. The lowest BCUT2D eigenvalue weighted by Gasteiger charge is -2.23. The number of rotatable bonds is 6. The van der Waals surface area contributed by atoms with E-state index in [-0.39, 0.29) is 22.8 Å². The fourth-order valence-electron chi connectivity index (χ4n) is 2.94. The molecular formula is C16H23FN2O4S. The van der Waals surface area contributed by atoms with E-state index in [1.54, 1.807) is 0 Å². The van der Waals surface area contributed by atoms with Gasteiger partial charge in [-0.2, -0.15) is 0 Å². The van der Waals surface area contributed by atoms with E-state index >= 15 is 0 Å². The van der Waals surface area contributed by atoms with Crippen LogP contribution < -0.4 is 14.8 Å². The quantitative estimate of drug-likeness (QED) is 0.804. The topological polar surface area (TPSA) is 76.7 Å². The van der Waals surface area contributed by atoms with Gasteiger partial charge in [-0.3, -0.25) is 0 Å². The van der Waals surface area contributed by atoms with E-state index in [1.807, 2.05) is 0 Å². The molecule has 2 saturated heterocycles. The molecule has 0 aromatic heterocycles. The van der Waals surface area contributed by atoms with Crippen LogP contribution in [0.15, 0.2) is 23.1 Å². The molecule has 0 amide bonds. The van der Waals surface area contributed by atoms with Crippen LogP contribution in [0.4, 0.5) is 4.39 Å². The third-order valence-corrected chi connectivity index (χ3v) is 5.78. The van der Waals surface area contributed by atoms with E-state index < -0.39 is 15.8 Å². The monoisotopic (exact) mass is 358 g/mol. The maximum Gasteiger partial charge on any atom is 0.240 e.